The molecule has 0 aromatic carbocycles. The van der Waals surface area contributed by atoms with E-state index < -0.39 is 9.84 Å². The van der Waals surface area contributed by atoms with Gasteiger partial charge >= 0.3 is 0 Å². The van der Waals surface area contributed by atoms with E-state index in [9.17, 15) is 8.42 Å². The summed E-state index contributed by atoms with van der Waals surface area (Å²) < 4.78 is 21.3. The van der Waals surface area contributed by atoms with Crippen molar-refractivity contribution in [2.75, 3.05) is 12.3 Å². The summed E-state index contributed by atoms with van der Waals surface area (Å²) in [4.78, 5) is 0. The zero-order chi connectivity index (χ0) is 8.04. The van der Waals surface area contributed by atoms with Crippen LogP contribution in [0.25, 0.3) is 0 Å². The van der Waals surface area contributed by atoms with Crippen molar-refractivity contribution >= 4 is 9.84 Å². The first-order valence-corrected chi connectivity index (χ1v) is 4.56. The van der Waals surface area contributed by atoms with Gasteiger partial charge in [0.25, 0.3) is 0 Å². The highest BCUT2D eigenvalue weighted by molar-refractivity contribution is 7.94. The van der Waals surface area contributed by atoms with Gasteiger partial charge in [-0.3, -0.25) is 5.84 Å². The molecule has 0 unspecified atom stereocenters. The van der Waals surface area contributed by atoms with Crippen LogP contribution in [0.4, 0.5) is 0 Å². The molecule has 2 N–H and O–H groups in total. The molecule has 0 atom stereocenters. The van der Waals surface area contributed by atoms with Crippen LogP contribution in [0.15, 0.2) is 12.0 Å². The van der Waals surface area contributed by atoms with E-state index in [1.54, 1.807) is 0 Å². The van der Waals surface area contributed by atoms with Crippen LogP contribution in [0.1, 0.15) is 6.42 Å². The number of sulfone groups is 1. The van der Waals surface area contributed by atoms with Gasteiger partial charge in [0.1, 0.15) is 0 Å². The standard InChI is InChI=1S/C5H11N2O2S/c1-2-10(8,9)5-3-4-7-6/h2H,1,3-6H2. The quantitative estimate of drug-likeness (QED) is 0.334. The Labute approximate surface area is 61.0 Å². The van der Waals surface area contributed by atoms with Gasteiger partial charge in [-0.2, -0.15) is 5.43 Å². The van der Waals surface area contributed by atoms with E-state index in [-0.39, 0.29) is 5.75 Å². The van der Waals surface area contributed by atoms with Crippen LogP contribution >= 0.6 is 0 Å². The average Bonchev–Trinajstić information content (AvgIpc) is 1.89. The van der Waals surface area contributed by atoms with Gasteiger partial charge in [0.05, 0.1) is 5.75 Å². The van der Waals surface area contributed by atoms with Gasteiger partial charge < -0.3 is 0 Å². The minimum Gasteiger partial charge on any atom is -0.254 e. The molecular formula is C5H11N2O2S. The van der Waals surface area contributed by atoms with Crippen LogP contribution in [-0.2, 0) is 9.84 Å². The maximum Gasteiger partial charge on any atom is 0.171 e. The summed E-state index contributed by atoms with van der Waals surface area (Å²) in [5.74, 6) is 4.88. The molecule has 0 saturated heterocycles. The van der Waals surface area contributed by atoms with E-state index in [0.717, 1.165) is 5.41 Å². The van der Waals surface area contributed by atoms with Gasteiger partial charge in [-0.1, -0.05) is 6.58 Å². The molecule has 10 heavy (non-hydrogen) atoms. The molecule has 0 aromatic heterocycles. The molecule has 0 saturated carbocycles. The van der Waals surface area contributed by atoms with Crippen LogP contribution in [-0.4, -0.2) is 20.7 Å². The summed E-state index contributed by atoms with van der Waals surface area (Å²) >= 11 is 0. The number of rotatable bonds is 5. The normalized spacial score (nSPS) is 11.3. The fraction of sp³-hybridized carbons (Fsp3) is 0.600. The lowest BCUT2D eigenvalue weighted by atomic mass is 10.5. The van der Waals surface area contributed by atoms with Crippen molar-refractivity contribution < 1.29 is 8.42 Å². The Morgan fingerprint density at radius 1 is 1.60 bits per heavy atom. The van der Waals surface area contributed by atoms with Crippen LogP contribution in [0.3, 0.4) is 0 Å². The number of nitrogens with two attached hydrogens (primary N) is 1. The van der Waals surface area contributed by atoms with Crippen molar-refractivity contribution in [1.29, 1.82) is 0 Å². The molecule has 0 aliphatic rings. The Kier molecular flexibility index (Phi) is 4.26. The molecule has 59 valence electrons. The highest BCUT2D eigenvalue weighted by Gasteiger charge is 2.02. The lowest BCUT2D eigenvalue weighted by Crippen LogP contribution is -2.16. The third-order valence-corrected chi connectivity index (χ3v) is 2.34. The fourth-order valence-electron chi connectivity index (χ4n) is 0.440. The lowest BCUT2D eigenvalue weighted by Gasteiger charge is -1.95. The van der Waals surface area contributed by atoms with Gasteiger partial charge in [0.2, 0.25) is 0 Å². The van der Waals surface area contributed by atoms with Crippen LogP contribution in [0.2, 0.25) is 0 Å². The summed E-state index contributed by atoms with van der Waals surface area (Å²) in [6.07, 6.45) is 0.463. The Morgan fingerprint density at radius 3 is 2.60 bits per heavy atom. The molecule has 0 heterocycles. The summed E-state index contributed by atoms with van der Waals surface area (Å²) in [5, 5.41) is 0.948. The Hall–Kier alpha value is -0.390. The second-order valence-electron chi connectivity index (χ2n) is 1.79. The Balaban J connectivity index is 3.59. The molecular weight excluding hydrogens is 152 g/mol. The molecule has 1 radical (unpaired) electrons. The zero-order valence-corrected chi connectivity index (χ0v) is 6.47. The molecule has 5 heteroatoms. The molecule has 0 aliphatic heterocycles. The smallest absolute Gasteiger partial charge is 0.171 e. The van der Waals surface area contributed by atoms with Crippen molar-refractivity contribution in [2.45, 2.75) is 6.42 Å². The van der Waals surface area contributed by atoms with Crippen molar-refractivity contribution in [1.82, 2.24) is 5.43 Å². The minimum absolute atomic E-state index is 0.0806. The van der Waals surface area contributed by atoms with E-state index in [1.807, 2.05) is 0 Å². The maximum absolute atomic E-state index is 10.7. The fourth-order valence-corrected chi connectivity index (χ4v) is 1.14. The van der Waals surface area contributed by atoms with E-state index in [4.69, 9.17) is 5.84 Å². The van der Waals surface area contributed by atoms with E-state index in [1.165, 1.54) is 0 Å². The summed E-state index contributed by atoms with van der Waals surface area (Å²) in [6.45, 7) is 3.54. The van der Waals surface area contributed by atoms with Gasteiger partial charge in [0.15, 0.2) is 9.84 Å². The summed E-state index contributed by atoms with van der Waals surface area (Å²) in [7, 11) is -3.04. The van der Waals surface area contributed by atoms with Crippen molar-refractivity contribution in [3.05, 3.63) is 12.0 Å². The van der Waals surface area contributed by atoms with Crippen molar-refractivity contribution in [3.63, 3.8) is 0 Å². The molecule has 0 spiro atoms. The third kappa shape index (κ3) is 4.49. The molecule has 0 rings (SSSR count). The van der Waals surface area contributed by atoms with E-state index in [2.05, 4.69) is 12.0 Å². The Bertz CT molecular complexity index is 186. The topological polar surface area (TPSA) is 74.3 Å². The van der Waals surface area contributed by atoms with Crippen LogP contribution < -0.4 is 11.3 Å². The number of hydrogen-bond donors (Lipinski definition) is 1. The molecule has 4 nitrogen and oxygen atoms in total. The molecule has 0 amide bonds. The summed E-state index contributed by atoms with van der Waals surface area (Å²) in [5.41, 5.74) is 3.27. The highest BCUT2D eigenvalue weighted by Crippen LogP contribution is 1.92. The van der Waals surface area contributed by atoms with Gasteiger partial charge in [-0.25, -0.2) is 8.42 Å². The lowest BCUT2D eigenvalue weighted by molar-refractivity contribution is 0.598. The van der Waals surface area contributed by atoms with Crippen LogP contribution in [0.5, 0.6) is 0 Å². The number of hydrogen-bond acceptors (Lipinski definition) is 3. The first-order chi connectivity index (χ1) is 4.62. The minimum atomic E-state index is -3.04. The van der Waals surface area contributed by atoms with E-state index in [0.29, 0.717) is 13.0 Å². The molecule has 0 aliphatic carbocycles. The predicted molar refractivity (Wildman–Crippen MR) is 39.8 cm³/mol. The van der Waals surface area contributed by atoms with Crippen LogP contribution in [0, 0.1) is 0 Å². The highest BCUT2D eigenvalue weighted by atomic mass is 32.2. The zero-order valence-electron chi connectivity index (χ0n) is 5.66. The second kappa shape index (κ2) is 4.43. The first-order valence-electron chi connectivity index (χ1n) is 2.84. The molecule has 0 aromatic rings. The van der Waals surface area contributed by atoms with Crippen molar-refractivity contribution in [2.24, 2.45) is 5.84 Å². The largest absolute Gasteiger partial charge is 0.254 e. The SMILES string of the molecule is C=CS(=O)(=O)CCC[N]N. The van der Waals surface area contributed by atoms with Gasteiger partial charge in [0, 0.05) is 12.0 Å². The monoisotopic (exact) mass is 163 g/mol. The molecule has 0 bridgehead atoms. The predicted octanol–water partition coefficient (Wildman–Crippen LogP) is -0.587. The average molecular weight is 163 g/mol. The summed E-state index contributed by atoms with van der Waals surface area (Å²) in [6, 6.07) is 0. The van der Waals surface area contributed by atoms with E-state index >= 15 is 0 Å². The van der Waals surface area contributed by atoms with Crippen molar-refractivity contribution in [3.8, 4) is 0 Å². The van der Waals surface area contributed by atoms with Gasteiger partial charge in [-0.05, 0) is 6.42 Å². The van der Waals surface area contributed by atoms with Gasteiger partial charge in [-0.15, -0.1) is 0 Å². The second-order valence-corrected chi connectivity index (χ2v) is 3.86. The molecule has 0 fully saturated rings. The number of nitrogens with zero attached hydrogens (tertiary/aromatic N) is 1. The first kappa shape index (κ1) is 9.61. The maximum atomic E-state index is 10.7. The third-order valence-electron chi connectivity index (χ3n) is 0.970. The Morgan fingerprint density at radius 2 is 2.20 bits per heavy atom.